The van der Waals surface area contributed by atoms with E-state index in [4.69, 9.17) is 4.98 Å². The smallest absolute Gasteiger partial charge is 0.191 e. The van der Waals surface area contributed by atoms with E-state index in [2.05, 4.69) is 58.7 Å². The van der Waals surface area contributed by atoms with Gasteiger partial charge in [0.25, 0.3) is 0 Å². The summed E-state index contributed by atoms with van der Waals surface area (Å²) in [6.45, 7) is 4.20. The SMILES string of the molecule is CCCSc1nc(NC2CC2c2cccc(C)c2)c2nnn([C@H]3C[C@@H](O)[C@H](O)[C@@H]3O)c2n1. The third kappa shape index (κ3) is 3.96. The summed E-state index contributed by atoms with van der Waals surface area (Å²) < 4.78 is 1.52. The Labute approximate surface area is 190 Å². The standard InChI is InChI=1S/C22H28N6O3S/c1-3-7-32-22-24-20(23-14-9-13(14)12-6-4-5-11(2)8-12)17-21(25-22)28(27-26-17)15-10-16(29)19(31)18(15)30/h4-6,8,13-16,18-19,29-31H,3,7,9-10H2,1-2H3,(H,23,24,25)/t13?,14?,15-,16+,18+,19-/m0/s1. The van der Waals surface area contributed by atoms with Crippen molar-refractivity contribution >= 4 is 28.7 Å². The van der Waals surface area contributed by atoms with Gasteiger partial charge in [-0.1, -0.05) is 53.7 Å². The zero-order chi connectivity index (χ0) is 22.4. The predicted molar refractivity (Wildman–Crippen MR) is 122 cm³/mol. The molecule has 2 aliphatic carbocycles. The fourth-order valence-corrected chi connectivity index (χ4v) is 5.11. The Hall–Kier alpha value is -2.27. The van der Waals surface area contributed by atoms with Crippen molar-refractivity contribution in [2.75, 3.05) is 11.1 Å². The van der Waals surface area contributed by atoms with Gasteiger partial charge in [-0.3, -0.25) is 0 Å². The maximum Gasteiger partial charge on any atom is 0.191 e. The van der Waals surface area contributed by atoms with Crippen molar-refractivity contribution in [2.24, 2.45) is 0 Å². The minimum Gasteiger partial charge on any atom is -0.390 e. The number of benzene rings is 1. The summed E-state index contributed by atoms with van der Waals surface area (Å²) in [5, 5.41) is 43.1. The molecule has 2 unspecified atom stereocenters. The second kappa shape index (κ2) is 8.58. The van der Waals surface area contributed by atoms with Crippen LogP contribution >= 0.6 is 11.8 Å². The van der Waals surface area contributed by atoms with Crippen molar-refractivity contribution in [1.29, 1.82) is 0 Å². The van der Waals surface area contributed by atoms with Gasteiger partial charge in [0.2, 0.25) is 0 Å². The van der Waals surface area contributed by atoms with Crippen molar-refractivity contribution in [1.82, 2.24) is 25.0 Å². The molecule has 2 heterocycles. The van der Waals surface area contributed by atoms with Crippen molar-refractivity contribution in [3.05, 3.63) is 35.4 Å². The molecule has 0 saturated heterocycles. The molecule has 2 aliphatic rings. The van der Waals surface area contributed by atoms with Gasteiger partial charge in [-0.05, 0) is 25.3 Å². The largest absolute Gasteiger partial charge is 0.390 e. The van der Waals surface area contributed by atoms with Gasteiger partial charge in [0.1, 0.15) is 12.2 Å². The molecule has 10 heteroatoms. The number of aromatic nitrogens is 5. The molecule has 4 N–H and O–H groups in total. The molecule has 9 nitrogen and oxygen atoms in total. The van der Waals surface area contributed by atoms with Crippen LogP contribution in [0.1, 0.15) is 49.3 Å². The van der Waals surface area contributed by atoms with Crippen LogP contribution in [0.15, 0.2) is 29.4 Å². The van der Waals surface area contributed by atoms with Gasteiger partial charge in [-0.25, -0.2) is 14.6 Å². The minimum absolute atomic E-state index is 0.184. The zero-order valence-corrected chi connectivity index (χ0v) is 18.9. The van der Waals surface area contributed by atoms with E-state index in [-0.39, 0.29) is 12.5 Å². The van der Waals surface area contributed by atoms with Crippen LogP contribution in [0.4, 0.5) is 5.82 Å². The Morgan fingerprint density at radius 3 is 2.72 bits per heavy atom. The molecular formula is C22H28N6O3S. The summed E-state index contributed by atoms with van der Waals surface area (Å²) in [5.74, 6) is 1.93. The van der Waals surface area contributed by atoms with Crippen LogP contribution in [0.25, 0.3) is 11.2 Å². The van der Waals surface area contributed by atoms with Crippen LogP contribution in [0.5, 0.6) is 0 Å². The summed E-state index contributed by atoms with van der Waals surface area (Å²) in [7, 11) is 0. The number of aliphatic hydroxyl groups excluding tert-OH is 3. The summed E-state index contributed by atoms with van der Waals surface area (Å²) in [6, 6.07) is 8.22. The molecule has 32 heavy (non-hydrogen) atoms. The Bertz CT molecular complexity index is 1120. The van der Waals surface area contributed by atoms with E-state index < -0.39 is 24.4 Å². The lowest BCUT2D eigenvalue weighted by Crippen LogP contribution is -2.31. The minimum atomic E-state index is -1.21. The first-order valence-corrected chi connectivity index (χ1v) is 12.1. The van der Waals surface area contributed by atoms with Gasteiger partial charge in [0.15, 0.2) is 22.1 Å². The molecule has 0 radical (unpaired) electrons. The molecule has 1 aromatic carbocycles. The maximum absolute atomic E-state index is 10.4. The van der Waals surface area contributed by atoms with Crippen LogP contribution < -0.4 is 5.32 Å². The number of hydrogen-bond acceptors (Lipinski definition) is 9. The lowest BCUT2D eigenvalue weighted by atomic mass is 10.1. The number of anilines is 1. The Morgan fingerprint density at radius 2 is 2.00 bits per heavy atom. The molecule has 5 rings (SSSR count). The Morgan fingerprint density at radius 1 is 1.16 bits per heavy atom. The maximum atomic E-state index is 10.4. The van der Waals surface area contributed by atoms with E-state index in [9.17, 15) is 15.3 Å². The van der Waals surface area contributed by atoms with Gasteiger partial charge < -0.3 is 20.6 Å². The van der Waals surface area contributed by atoms with Gasteiger partial charge in [0, 0.05) is 24.1 Å². The predicted octanol–water partition coefficient (Wildman–Crippen LogP) is 2.03. The van der Waals surface area contributed by atoms with E-state index >= 15 is 0 Å². The van der Waals surface area contributed by atoms with E-state index in [1.165, 1.54) is 15.8 Å². The van der Waals surface area contributed by atoms with E-state index in [1.54, 1.807) is 11.8 Å². The van der Waals surface area contributed by atoms with E-state index in [0.717, 1.165) is 18.6 Å². The number of aryl methyl sites for hydroxylation is 1. The second-order valence-corrected chi connectivity index (χ2v) is 9.83. The topological polar surface area (TPSA) is 129 Å². The molecule has 0 amide bonds. The van der Waals surface area contributed by atoms with Crippen LogP contribution in [0.3, 0.4) is 0 Å². The van der Waals surface area contributed by atoms with Crippen molar-refractivity contribution < 1.29 is 15.3 Å². The molecule has 2 saturated carbocycles. The third-order valence-electron chi connectivity index (χ3n) is 6.26. The van der Waals surface area contributed by atoms with Crippen LogP contribution in [0.2, 0.25) is 0 Å². The monoisotopic (exact) mass is 456 g/mol. The third-order valence-corrected chi connectivity index (χ3v) is 7.31. The quantitative estimate of drug-likeness (QED) is 0.312. The molecule has 0 bridgehead atoms. The van der Waals surface area contributed by atoms with Gasteiger partial charge in [-0.2, -0.15) is 0 Å². The molecule has 170 valence electrons. The highest BCUT2D eigenvalue weighted by Crippen LogP contribution is 2.43. The molecule has 6 atom stereocenters. The van der Waals surface area contributed by atoms with Crippen molar-refractivity contribution in [3.8, 4) is 0 Å². The first kappa shape index (κ1) is 21.6. The summed E-state index contributed by atoms with van der Waals surface area (Å²) in [4.78, 5) is 9.37. The highest BCUT2D eigenvalue weighted by molar-refractivity contribution is 7.99. The summed E-state index contributed by atoms with van der Waals surface area (Å²) in [6.07, 6.45) is -1.17. The van der Waals surface area contributed by atoms with Crippen LogP contribution in [0, 0.1) is 6.92 Å². The Kier molecular flexibility index (Phi) is 5.79. The number of fused-ring (bicyclic) bond motifs is 1. The first-order chi connectivity index (χ1) is 15.5. The number of thioether (sulfide) groups is 1. The molecular weight excluding hydrogens is 428 g/mol. The zero-order valence-electron chi connectivity index (χ0n) is 18.1. The first-order valence-electron chi connectivity index (χ1n) is 11.1. The number of rotatable bonds is 7. The number of aliphatic hydroxyl groups is 3. The molecule has 2 aromatic heterocycles. The number of nitrogens with zero attached hydrogens (tertiary/aromatic N) is 5. The lowest BCUT2D eigenvalue weighted by Gasteiger charge is -2.16. The van der Waals surface area contributed by atoms with Gasteiger partial charge in [-0.15, -0.1) is 5.10 Å². The lowest BCUT2D eigenvalue weighted by molar-refractivity contribution is -0.0253. The van der Waals surface area contributed by atoms with Gasteiger partial charge >= 0.3 is 0 Å². The summed E-state index contributed by atoms with van der Waals surface area (Å²) >= 11 is 1.56. The highest BCUT2D eigenvalue weighted by atomic mass is 32.2. The Balaban J connectivity index is 1.46. The van der Waals surface area contributed by atoms with Crippen molar-refractivity contribution in [2.45, 2.75) is 74.6 Å². The normalized spacial score (nSPS) is 29.5. The molecule has 2 fully saturated rings. The molecule has 3 aromatic rings. The van der Waals surface area contributed by atoms with Crippen LogP contribution in [-0.4, -0.2) is 70.4 Å². The van der Waals surface area contributed by atoms with E-state index in [1.807, 2.05) is 0 Å². The van der Waals surface area contributed by atoms with Crippen LogP contribution in [-0.2, 0) is 0 Å². The van der Waals surface area contributed by atoms with Gasteiger partial charge in [0.05, 0.1) is 12.1 Å². The average molecular weight is 457 g/mol. The number of hydrogen-bond donors (Lipinski definition) is 4. The molecule has 0 spiro atoms. The highest BCUT2D eigenvalue weighted by Gasteiger charge is 2.43. The van der Waals surface area contributed by atoms with Crippen molar-refractivity contribution in [3.63, 3.8) is 0 Å². The van der Waals surface area contributed by atoms with E-state index in [0.29, 0.717) is 28.1 Å². The fourth-order valence-electron chi connectivity index (χ4n) is 4.42. The summed E-state index contributed by atoms with van der Waals surface area (Å²) in [5.41, 5.74) is 3.59. The molecule has 0 aliphatic heterocycles. The fraction of sp³-hybridized carbons (Fsp3) is 0.545. The average Bonchev–Trinajstić information content (AvgIpc) is 3.35. The number of nitrogens with one attached hydrogen (secondary N) is 1. The second-order valence-electron chi connectivity index (χ2n) is 8.77.